The quantitative estimate of drug-likeness (QED) is 0.758. The van der Waals surface area contributed by atoms with E-state index in [9.17, 15) is 4.79 Å². The Morgan fingerprint density at radius 3 is 2.52 bits per heavy atom. The van der Waals surface area contributed by atoms with Crippen molar-refractivity contribution < 1.29 is 4.79 Å². The van der Waals surface area contributed by atoms with Crippen LogP contribution in [0.15, 0.2) is 12.4 Å². The number of unbranched alkanes of at least 4 members (excludes halogenated alkanes) is 1. The van der Waals surface area contributed by atoms with Gasteiger partial charge in [0.1, 0.15) is 11.5 Å². The molecule has 118 valence electrons. The number of anilines is 1. The molecule has 0 aliphatic heterocycles. The zero-order chi connectivity index (χ0) is 15.7. The van der Waals surface area contributed by atoms with Crippen LogP contribution in [0.5, 0.6) is 0 Å². The fraction of sp³-hybridized carbons (Fsp3) is 0.688. The van der Waals surface area contributed by atoms with E-state index in [1.807, 2.05) is 4.90 Å². The number of amides is 1. The van der Waals surface area contributed by atoms with Gasteiger partial charge in [-0.1, -0.05) is 27.2 Å². The molecule has 0 aliphatic carbocycles. The predicted octanol–water partition coefficient (Wildman–Crippen LogP) is 3.34. The van der Waals surface area contributed by atoms with Gasteiger partial charge in [0.15, 0.2) is 0 Å². The predicted molar refractivity (Wildman–Crippen MR) is 86.5 cm³/mol. The van der Waals surface area contributed by atoms with Gasteiger partial charge in [-0.15, -0.1) is 0 Å². The first-order valence-electron chi connectivity index (χ1n) is 8.00. The van der Waals surface area contributed by atoms with Crippen LogP contribution in [0.3, 0.4) is 0 Å². The van der Waals surface area contributed by atoms with Gasteiger partial charge >= 0.3 is 0 Å². The fourth-order valence-corrected chi connectivity index (χ4v) is 2.00. The second kappa shape index (κ2) is 9.32. The van der Waals surface area contributed by atoms with Gasteiger partial charge in [0.25, 0.3) is 5.91 Å². The van der Waals surface area contributed by atoms with Crippen molar-refractivity contribution >= 4 is 11.7 Å². The maximum atomic E-state index is 12.6. The lowest BCUT2D eigenvalue weighted by Gasteiger charge is -2.28. The number of nitrogens with zero attached hydrogens (tertiary/aromatic N) is 3. The van der Waals surface area contributed by atoms with Gasteiger partial charge in [0, 0.05) is 19.1 Å². The molecule has 0 saturated heterocycles. The number of hydrogen-bond acceptors (Lipinski definition) is 4. The highest BCUT2D eigenvalue weighted by Gasteiger charge is 2.21. The molecule has 21 heavy (non-hydrogen) atoms. The van der Waals surface area contributed by atoms with Gasteiger partial charge in [-0.25, -0.2) is 9.97 Å². The zero-order valence-corrected chi connectivity index (χ0v) is 13.7. The van der Waals surface area contributed by atoms with Crippen molar-refractivity contribution in [1.29, 1.82) is 0 Å². The molecule has 1 unspecified atom stereocenters. The van der Waals surface area contributed by atoms with Crippen LogP contribution < -0.4 is 5.32 Å². The maximum Gasteiger partial charge on any atom is 0.274 e. The third-order valence-corrected chi connectivity index (χ3v) is 3.56. The van der Waals surface area contributed by atoms with Crippen LogP contribution in [-0.4, -0.2) is 39.9 Å². The molecule has 1 heterocycles. The van der Waals surface area contributed by atoms with Crippen LogP contribution in [0.25, 0.3) is 0 Å². The molecule has 1 N–H and O–H groups in total. The molecular formula is C16H28N4O. The van der Waals surface area contributed by atoms with Crippen molar-refractivity contribution in [3.05, 3.63) is 18.1 Å². The van der Waals surface area contributed by atoms with Crippen molar-refractivity contribution in [3.63, 3.8) is 0 Å². The summed E-state index contributed by atoms with van der Waals surface area (Å²) in [6.07, 6.45) is 7.27. The molecule has 5 heteroatoms. The number of rotatable bonds is 9. The minimum atomic E-state index is -0.0210. The van der Waals surface area contributed by atoms with Crippen molar-refractivity contribution in [2.24, 2.45) is 0 Å². The van der Waals surface area contributed by atoms with E-state index in [2.05, 4.69) is 43.0 Å². The third kappa shape index (κ3) is 5.33. The first kappa shape index (κ1) is 17.4. The smallest absolute Gasteiger partial charge is 0.274 e. The molecule has 0 radical (unpaired) electrons. The topological polar surface area (TPSA) is 58.1 Å². The van der Waals surface area contributed by atoms with Crippen molar-refractivity contribution in [2.75, 3.05) is 18.4 Å². The van der Waals surface area contributed by atoms with Crippen LogP contribution in [0, 0.1) is 0 Å². The summed E-state index contributed by atoms with van der Waals surface area (Å²) in [5.41, 5.74) is 0.424. The van der Waals surface area contributed by atoms with Gasteiger partial charge in [0.2, 0.25) is 0 Å². The second-order valence-electron chi connectivity index (χ2n) is 5.32. The van der Waals surface area contributed by atoms with E-state index in [0.717, 1.165) is 44.6 Å². The molecule has 1 aromatic heterocycles. The van der Waals surface area contributed by atoms with Gasteiger partial charge in [-0.2, -0.15) is 0 Å². The summed E-state index contributed by atoms with van der Waals surface area (Å²) < 4.78 is 0. The number of carbonyl (C=O) groups is 1. The first-order valence-corrected chi connectivity index (χ1v) is 8.00. The van der Waals surface area contributed by atoms with Gasteiger partial charge in [-0.05, 0) is 26.2 Å². The fourth-order valence-electron chi connectivity index (χ4n) is 2.00. The monoisotopic (exact) mass is 292 g/mol. The van der Waals surface area contributed by atoms with Gasteiger partial charge < -0.3 is 10.2 Å². The highest BCUT2D eigenvalue weighted by molar-refractivity contribution is 5.92. The molecule has 1 atom stereocenters. The Morgan fingerprint density at radius 1 is 1.24 bits per heavy atom. The SMILES string of the molecule is CCCCN(C(=O)c1cnc(NCCC)cn1)C(C)CC. The van der Waals surface area contributed by atoms with Crippen LogP contribution >= 0.6 is 0 Å². The van der Waals surface area contributed by atoms with E-state index >= 15 is 0 Å². The largest absolute Gasteiger partial charge is 0.369 e. The highest BCUT2D eigenvalue weighted by atomic mass is 16.2. The van der Waals surface area contributed by atoms with Gasteiger partial charge in [-0.3, -0.25) is 4.79 Å². The number of nitrogens with one attached hydrogen (secondary N) is 1. The molecule has 0 fully saturated rings. The van der Waals surface area contributed by atoms with E-state index in [1.54, 1.807) is 12.4 Å². The van der Waals surface area contributed by atoms with E-state index in [-0.39, 0.29) is 11.9 Å². The standard InChI is InChI=1S/C16H28N4O/c1-5-8-10-20(13(4)7-3)16(21)14-11-19-15(12-18-14)17-9-6-2/h11-13H,5-10H2,1-4H3,(H,17,19). The Hall–Kier alpha value is -1.65. The summed E-state index contributed by atoms with van der Waals surface area (Å²) in [5, 5.41) is 3.16. The lowest BCUT2D eigenvalue weighted by molar-refractivity contribution is 0.0679. The van der Waals surface area contributed by atoms with Crippen LogP contribution in [0.1, 0.15) is 63.9 Å². The summed E-state index contributed by atoms with van der Waals surface area (Å²) >= 11 is 0. The molecule has 0 aliphatic rings. The molecule has 0 spiro atoms. The number of aromatic nitrogens is 2. The maximum absolute atomic E-state index is 12.6. The van der Waals surface area contributed by atoms with Crippen molar-refractivity contribution in [3.8, 4) is 0 Å². The lowest BCUT2D eigenvalue weighted by atomic mass is 10.2. The molecule has 5 nitrogen and oxygen atoms in total. The summed E-state index contributed by atoms with van der Waals surface area (Å²) in [7, 11) is 0. The zero-order valence-electron chi connectivity index (χ0n) is 13.7. The normalized spacial score (nSPS) is 12.0. The van der Waals surface area contributed by atoms with Crippen LogP contribution in [-0.2, 0) is 0 Å². The summed E-state index contributed by atoms with van der Waals surface area (Å²) in [6, 6.07) is 0.226. The molecule has 1 rings (SSSR count). The first-order chi connectivity index (χ1) is 10.1. The molecule has 1 aromatic rings. The Labute approximate surface area is 128 Å². The van der Waals surface area contributed by atoms with Crippen LogP contribution in [0.4, 0.5) is 5.82 Å². The molecule has 0 saturated carbocycles. The number of carbonyl (C=O) groups excluding carboxylic acids is 1. The minimum Gasteiger partial charge on any atom is -0.369 e. The average molecular weight is 292 g/mol. The lowest BCUT2D eigenvalue weighted by Crippen LogP contribution is -2.39. The highest BCUT2D eigenvalue weighted by Crippen LogP contribution is 2.11. The van der Waals surface area contributed by atoms with Crippen LogP contribution in [0.2, 0.25) is 0 Å². The van der Waals surface area contributed by atoms with E-state index in [4.69, 9.17) is 0 Å². The minimum absolute atomic E-state index is 0.0210. The second-order valence-corrected chi connectivity index (χ2v) is 5.32. The summed E-state index contributed by atoms with van der Waals surface area (Å²) in [5.74, 6) is 0.699. The van der Waals surface area contributed by atoms with Crippen molar-refractivity contribution in [2.45, 2.75) is 59.4 Å². The Balaban J connectivity index is 2.77. The molecular weight excluding hydrogens is 264 g/mol. The summed E-state index contributed by atoms with van der Waals surface area (Å²) in [4.78, 5) is 23.0. The Bertz CT molecular complexity index is 419. The van der Waals surface area contributed by atoms with Gasteiger partial charge in [0.05, 0.1) is 12.4 Å². The average Bonchev–Trinajstić information content (AvgIpc) is 2.53. The number of hydrogen-bond donors (Lipinski definition) is 1. The Kier molecular flexibility index (Phi) is 7.72. The molecule has 0 aromatic carbocycles. The molecule has 1 amide bonds. The van der Waals surface area contributed by atoms with Crippen molar-refractivity contribution in [1.82, 2.24) is 14.9 Å². The third-order valence-electron chi connectivity index (χ3n) is 3.56. The summed E-state index contributed by atoms with van der Waals surface area (Å²) in [6.45, 7) is 10.0. The molecule has 0 bridgehead atoms. The Morgan fingerprint density at radius 2 is 2.00 bits per heavy atom. The van der Waals surface area contributed by atoms with E-state index in [0.29, 0.717) is 5.69 Å². The van der Waals surface area contributed by atoms with E-state index in [1.165, 1.54) is 0 Å². The van der Waals surface area contributed by atoms with E-state index < -0.39 is 0 Å².